The lowest BCUT2D eigenvalue weighted by molar-refractivity contribution is 1.27. The molecule has 5 heteroatoms. The van der Waals surface area contributed by atoms with E-state index in [4.69, 9.17) is 46.4 Å². The summed E-state index contributed by atoms with van der Waals surface area (Å²) in [7, 11) is 0. The number of rotatable bonds is 1. The minimum absolute atomic E-state index is 0.190. The van der Waals surface area contributed by atoms with Crippen LogP contribution in [0.3, 0.4) is 0 Å². The second kappa shape index (κ2) is 3.81. The molecule has 1 rings (SSSR count). The zero-order valence-corrected chi connectivity index (χ0v) is 8.27. The van der Waals surface area contributed by atoms with Crippen LogP contribution in [0.15, 0.2) is 6.07 Å². The molecule has 60 valence electrons. The molecule has 0 aliphatic heterocycles. The monoisotopic (exact) mass is 229 g/mol. The summed E-state index contributed by atoms with van der Waals surface area (Å²) in [5, 5.41) is 0.857. The zero-order valence-electron chi connectivity index (χ0n) is 5.24. The van der Waals surface area contributed by atoms with Gasteiger partial charge in [-0.15, -0.1) is 11.6 Å². The number of halogens is 4. The molecule has 0 aliphatic carbocycles. The Labute approximate surface area is 84.2 Å². The Morgan fingerprint density at radius 1 is 1.27 bits per heavy atom. The molecule has 0 saturated carbocycles. The number of pyridine rings is 1. The van der Waals surface area contributed by atoms with Crippen LogP contribution in [0.4, 0.5) is 0 Å². The summed E-state index contributed by atoms with van der Waals surface area (Å²) in [6.07, 6.45) is 0. The fraction of sp³-hybridized carbons (Fsp3) is 0.167. The van der Waals surface area contributed by atoms with E-state index in [9.17, 15) is 0 Å². The minimum Gasteiger partial charge on any atom is -0.223 e. The van der Waals surface area contributed by atoms with Crippen molar-refractivity contribution in [2.45, 2.75) is 5.88 Å². The van der Waals surface area contributed by atoms with E-state index >= 15 is 0 Å². The molecule has 0 bridgehead atoms. The van der Waals surface area contributed by atoms with Crippen LogP contribution in [0, 0.1) is 0 Å². The molecule has 0 aliphatic rings. The minimum atomic E-state index is 0.190. The van der Waals surface area contributed by atoms with Gasteiger partial charge in [-0.1, -0.05) is 34.8 Å². The SMILES string of the molecule is ClCc1cc(Cl)nc(Cl)c1Cl. The number of aromatic nitrogens is 1. The van der Waals surface area contributed by atoms with Crippen LogP contribution in [0.5, 0.6) is 0 Å². The van der Waals surface area contributed by atoms with Crippen molar-refractivity contribution >= 4 is 46.4 Å². The average Bonchev–Trinajstić information content (AvgIpc) is 1.96. The van der Waals surface area contributed by atoms with Crippen molar-refractivity contribution in [2.24, 2.45) is 0 Å². The van der Waals surface area contributed by atoms with Crippen molar-refractivity contribution in [1.82, 2.24) is 4.98 Å². The number of alkyl halides is 1. The quantitative estimate of drug-likeness (QED) is 0.529. The number of nitrogens with zero attached hydrogens (tertiary/aromatic N) is 1. The molecule has 1 heterocycles. The molecular weight excluding hydrogens is 228 g/mol. The Kier molecular flexibility index (Phi) is 3.26. The van der Waals surface area contributed by atoms with Gasteiger partial charge in [0.2, 0.25) is 0 Å². The van der Waals surface area contributed by atoms with Gasteiger partial charge in [-0.2, -0.15) is 0 Å². The average molecular weight is 231 g/mol. The topological polar surface area (TPSA) is 12.9 Å². The highest BCUT2D eigenvalue weighted by molar-refractivity contribution is 6.42. The Bertz CT molecular complexity index is 274. The van der Waals surface area contributed by atoms with Crippen LogP contribution in [-0.4, -0.2) is 4.98 Å². The lowest BCUT2D eigenvalue weighted by Gasteiger charge is -2.00. The molecule has 0 fully saturated rings. The molecule has 0 N–H and O–H groups in total. The van der Waals surface area contributed by atoms with Crippen LogP contribution in [0.2, 0.25) is 15.3 Å². The third-order valence-corrected chi connectivity index (χ3v) is 2.38. The summed E-state index contributed by atoms with van der Waals surface area (Å²) in [5.41, 5.74) is 0.693. The van der Waals surface area contributed by atoms with E-state index in [0.29, 0.717) is 15.7 Å². The number of hydrogen-bond donors (Lipinski definition) is 0. The maximum atomic E-state index is 5.73. The summed E-state index contributed by atoms with van der Waals surface area (Å²) in [4.78, 5) is 3.72. The van der Waals surface area contributed by atoms with Crippen LogP contribution in [-0.2, 0) is 5.88 Å². The van der Waals surface area contributed by atoms with E-state index < -0.39 is 0 Å². The second-order valence-electron chi connectivity index (χ2n) is 1.84. The van der Waals surface area contributed by atoms with Gasteiger partial charge >= 0.3 is 0 Å². The normalized spacial score (nSPS) is 10.2. The third-order valence-electron chi connectivity index (χ3n) is 1.11. The predicted octanol–water partition coefficient (Wildman–Crippen LogP) is 3.78. The standard InChI is InChI=1S/C6H3Cl4N/c7-2-3-1-4(8)11-6(10)5(3)9/h1H,2H2. The van der Waals surface area contributed by atoms with Crippen molar-refractivity contribution in [3.8, 4) is 0 Å². The highest BCUT2D eigenvalue weighted by Gasteiger charge is 2.06. The Morgan fingerprint density at radius 2 is 1.91 bits per heavy atom. The van der Waals surface area contributed by atoms with Crippen LogP contribution < -0.4 is 0 Å². The highest BCUT2D eigenvalue weighted by atomic mass is 35.5. The van der Waals surface area contributed by atoms with Gasteiger partial charge in [0.05, 0.1) is 5.02 Å². The van der Waals surface area contributed by atoms with Gasteiger partial charge < -0.3 is 0 Å². The van der Waals surface area contributed by atoms with Gasteiger partial charge in [0, 0.05) is 5.88 Å². The molecule has 0 saturated heterocycles. The number of hydrogen-bond acceptors (Lipinski definition) is 1. The van der Waals surface area contributed by atoms with Crippen molar-refractivity contribution in [1.29, 1.82) is 0 Å². The van der Waals surface area contributed by atoms with Gasteiger partial charge in [0.15, 0.2) is 0 Å². The van der Waals surface area contributed by atoms with Crippen molar-refractivity contribution in [3.63, 3.8) is 0 Å². The van der Waals surface area contributed by atoms with Gasteiger partial charge in [0.25, 0.3) is 0 Å². The first-order valence-corrected chi connectivity index (χ1v) is 4.38. The van der Waals surface area contributed by atoms with Crippen molar-refractivity contribution in [3.05, 3.63) is 27.0 Å². The smallest absolute Gasteiger partial charge is 0.149 e. The molecule has 0 spiro atoms. The van der Waals surface area contributed by atoms with Gasteiger partial charge in [0.1, 0.15) is 10.3 Å². The van der Waals surface area contributed by atoms with E-state index in [2.05, 4.69) is 4.98 Å². The van der Waals surface area contributed by atoms with Crippen LogP contribution >= 0.6 is 46.4 Å². The maximum absolute atomic E-state index is 5.73. The van der Waals surface area contributed by atoms with E-state index in [1.807, 2.05) is 0 Å². The molecule has 1 aromatic heterocycles. The summed E-state index contributed by atoms with van der Waals surface area (Å²) in [6.45, 7) is 0. The molecule has 1 aromatic rings. The fourth-order valence-corrected chi connectivity index (χ4v) is 1.53. The fourth-order valence-electron chi connectivity index (χ4n) is 0.612. The zero-order chi connectivity index (χ0) is 8.43. The molecule has 11 heavy (non-hydrogen) atoms. The molecule has 0 aromatic carbocycles. The first kappa shape index (κ1) is 9.40. The molecular formula is C6H3Cl4N. The van der Waals surface area contributed by atoms with Crippen molar-refractivity contribution < 1.29 is 0 Å². The molecule has 1 nitrogen and oxygen atoms in total. The van der Waals surface area contributed by atoms with Crippen LogP contribution in [0.1, 0.15) is 5.56 Å². The summed E-state index contributed by atoms with van der Waals surface area (Å²) < 4.78 is 0. The summed E-state index contributed by atoms with van der Waals surface area (Å²) in [6, 6.07) is 1.59. The molecule has 0 radical (unpaired) electrons. The second-order valence-corrected chi connectivity index (χ2v) is 3.23. The van der Waals surface area contributed by atoms with Crippen molar-refractivity contribution in [2.75, 3.05) is 0 Å². The maximum Gasteiger partial charge on any atom is 0.149 e. The van der Waals surface area contributed by atoms with Crippen LogP contribution in [0.25, 0.3) is 0 Å². The summed E-state index contributed by atoms with van der Waals surface area (Å²) in [5.74, 6) is 0.279. The van der Waals surface area contributed by atoms with E-state index in [1.165, 1.54) is 0 Å². The molecule has 0 unspecified atom stereocenters. The third kappa shape index (κ3) is 2.12. The summed E-state index contributed by atoms with van der Waals surface area (Å²) >= 11 is 22.5. The highest BCUT2D eigenvalue weighted by Crippen LogP contribution is 2.27. The largest absolute Gasteiger partial charge is 0.223 e. The van der Waals surface area contributed by atoms with E-state index in [1.54, 1.807) is 6.07 Å². The predicted molar refractivity (Wildman–Crippen MR) is 48.8 cm³/mol. The van der Waals surface area contributed by atoms with E-state index in [0.717, 1.165) is 0 Å². The molecule has 0 amide bonds. The van der Waals surface area contributed by atoms with Gasteiger partial charge in [-0.3, -0.25) is 0 Å². The first-order valence-electron chi connectivity index (χ1n) is 2.71. The Hall–Kier alpha value is 0.310. The van der Waals surface area contributed by atoms with Gasteiger partial charge in [-0.05, 0) is 11.6 Å². The Morgan fingerprint density at radius 3 is 2.45 bits per heavy atom. The molecule has 0 atom stereocenters. The van der Waals surface area contributed by atoms with E-state index in [-0.39, 0.29) is 11.0 Å². The Balaban J connectivity index is 3.24. The first-order chi connectivity index (χ1) is 5.15. The van der Waals surface area contributed by atoms with Gasteiger partial charge in [-0.25, -0.2) is 4.98 Å². The lowest BCUT2D eigenvalue weighted by atomic mass is 10.3. The lowest BCUT2D eigenvalue weighted by Crippen LogP contribution is -1.85.